The molecule has 1 atom stereocenters. The summed E-state index contributed by atoms with van der Waals surface area (Å²) in [7, 11) is 0. The van der Waals surface area contributed by atoms with Crippen LogP contribution in [0.3, 0.4) is 0 Å². The summed E-state index contributed by atoms with van der Waals surface area (Å²) < 4.78 is 0. The summed E-state index contributed by atoms with van der Waals surface area (Å²) in [6.45, 7) is 0. The number of benzene rings is 1. The van der Waals surface area contributed by atoms with Crippen molar-refractivity contribution in [1.29, 1.82) is 0 Å². The molecular weight excluding hydrogens is 245 g/mol. The maximum absolute atomic E-state index is 6.06. The topological polar surface area (TPSA) is 54.7 Å². The second kappa shape index (κ2) is 4.87. The van der Waals surface area contributed by atoms with Gasteiger partial charge >= 0.3 is 0 Å². The monoisotopic (exact) mass is 255 g/mol. The number of imidazole rings is 1. The first kappa shape index (κ1) is 11.5. The van der Waals surface area contributed by atoms with E-state index < -0.39 is 0 Å². The lowest BCUT2D eigenvalue weighted by Crippen LogP contribution is -2.15. The molecule has 1 aromatic heterocycles. The lowest BCUT2D eigenvalue weighted by atomic mass is 10.1. The van der Waals surface area contributed by atoms with Gasteiger partial charge in [0.05, 0.1) is 6.04 Å². The van der Waals surface area contributed by atoms with E-state index in [4.69, 9.17) is 28.9 Å². The Morgan fingerprint density at radius 2 is 2.19 bits per heavy atom. The van der Waals surface area contributed by atoms with Crippen molar-refractivity contribution in [2.75, 3.05) is 0 Å². The number of aromatic nitrogens is 2. The molecule has 2 rings (SSSR count). The largest absolute Gasteiger partial charge is 0.347 e. The first-order valence-corrected chi connectivity index (χ1v) is 5.61. The van der Waals surface area contributed by atoms with E-state index in [0.29, 0.717) is 16.5 Å². The number of hydrogen-bond donors (Lipinski definition) is 2. The summed E-state index contributed by atoms with van der Waals surface area (Å²) in [5, 5.41) is 1.26. The molecule has 0 aliphatic rings. The minimum Gasteiger partial charge on any atom is -0.347 e. The van der Waals surface area contributed by atoms with Gasteiger partial charge in [-0.2, -0.15) is 0 Å². The van der Waals surface area contributed by atoms with E-state index in [1.54, 1.807) is 24.5 Å². The minimum absolute atomic E-state index is 0.186. The zero-order valence-electron chi connectivity index (χ0n) is 8.45. The Morgan fingerprint density at radius 1 is 1.38 bits per heavy atom. The molecule has 0 aliphatic heterocycles. The molecule has 3 nitrogen and oxygen atoms in total. The number of nitrogens with two attached hydrogens (primary N) is 1. The predicted octanol–water partition coefficient (Wildman–Crippen LogP) is 2.96. The van der Waals surface area contributed by atoms with Gasteiger partial charge in [0.25, 0.3) is 0 Å². The lowest BCUT2D eigenvalue weighted by molar-refractivity contribution is 0.678. The van der Waals surface area contributed by atoms with E-state index in [-0.39, 0.29) is 6.04 Å². The van der Waals surface area contributed by atoms with Crippen LogP contribution in [0.1, 0.15) is 17.4 Å². The van der Waals surface area contributed by atoms with Gasteiger partial charge in [-0.15, -0.1) is 0 Å². The second-order valence-corrected chi connectivity index (χ2v) is 4.36. The molecule has 0 fully saturated rings. The van der Waals surface area contributed by atoms with Crippen molar-refractivity contribution < 1.29 is 0 Å². The fourth-order valence-corrected chi connectivity index (χ4v) is 1.99. The van der Waals surface area contributed by atoms with Gasteiger partial charge in [0.1, 0.15) is 5.82 Å². The third-order valence-corrected chi connectivity index (χ3v) is 2.91. The van der Waals surface area contributed by atoms with E-state index in [1.165, 1.54) is 0 Å². The molecule has 16 heavy (non-hydrogen) atoms. The molecule has 2 aromatic rings. The van der Waals surface area contributed by atoms with Gasteiger partial charge in [-0.05, 0) is 24.1 Å². The van der Waals surface area contributed by atoms with Crippen LogP contribution in [-0.4, -0.2) is 9.97 Å². The quantitative estimate of drug-likeness (QED) is 0.886. The average Bonchev–Trinajstić information content (AvgIpc) is 2.75. The van der Waals surface area contributed by atoms with Gasteiger partial charge in [0.2, 0.25) is 0 Å². The fraction of sp³-hybridized carbons (Fsp3) is 0.182. The van der Waals surface area contributed by atoms with Gasteiger partial charge in [0.15, 0.2) is 0 Å². The number of rotatable bonds is 3. The molecule has 1 unspecified atom stereocenters. The number of H-pyrrole nitrogens is 1. The molecule has 1 heterocycles. The summed E-state index contributed by atoms with van der Waals surface area (Å²) in [5.74, 6) is 0.756. The van der Waals surface area contributed by atoms with Crippen LogP contribution >= 0.6 is 23.2 Å². The van der Waals surface area contributed by atoms with Crippen LogP contribution < -0.4 is 5.73 Å². The van der Waals surface area contributed by atoms with E-state index >= 15 is 0 Å². The normalized spacial score (nSPS) is 12.7. The van der Waals surface area contributed by atoms with Crippen LogP contribution in [0.2, 0.25) is 10.0 Å². The summed E-state index contributed by atoms with van der Waals surface area (Å²) in [5.41, 5.74) is 6.96. The Bertz CT molecular complexity index is 468. The predicted molar refractivity (Wildman–Crippen MR) is 65.7 cm³/mol. The van der Waals surface area contributed by atoms with Crippen molar-refractivity contribution in [2.24, 2.45) is 5.73 Å². The maximum Gasteiger partial charge on any atom is 0.123 e. The zero-order chi connectivity index (χ0) is 11.5. The summed E-state index contributed by atoms with van der Waals surface area (Å²) in [6, 6.07) is 5.21. The molecule has 0 bridgehead atoms. The van der Waals surface area contributed by atoms with Crippen LogP contribution in [0.25, 0.3) is 0 Å². The van der Waals surface area contributed by atoms with E-state index in [1.807, 2.05) is 6.07 Å². The van der Waals surface area contributed by atoms with Gasteiger partial charge in [0, 0.05) is 22.4 Å². The number of aromatic amines is 1. The maximum atomic E-state index is 6.06. The molecule has 0 amide bonds. The zero-order valence-corrected chi connectivity index (χ0v) is 9.96. The van der Waals surface area contributed by atoms with Crippen LogP contribution in [-0.2, 0) is 6.42 Å². The summed E-state index contributed by atoms with van der Waals surface area (Å²) in [4.78, 5) is 7.09. The molecule has 3 N–H and O–H groups in total. The summed E-state index contributed by atoms with van der Waals surface area (Å²) >= 11 is 11.9. The number of hydrogen-bond acceptors (Lipinski definition) is 2. The molecule has 0 spiro atoms. The fourth-order valence-electron chi connectivity index (χ4n) is 1.50. The first-order valence-electron chi connectivity index (χ1n) is 4.85. The minimum atomic E-state index is -0.186. The van der Waals surface area contributed by atoms with Crippen LogP contribution in [0, 0.1) is 0 Å². The highest BCUT2D eigenvalue weighted by Crippen LogP contribution is 2.24. The smallest absolute Gasteiger partial charge is 0.123 e. The number of nitrogens with one attached hydrogen (secondary N) is 1. The number of nitrogens with zero attached hydrogens (tertiary/aromatic N) is 1. The Kier molecular flexibility index (Phi) is 3.49. The molecule has 1 aromatic carbocycles. The second-order valence-electron chi connectivity index (χ2n) is 3.52. The Balaban J connectivity index is 2.15. The summed E-state index contributed by atoms with van der Waals surface area (Å²) in [6.07, 6.45) is 4.06. The molecule has 84 valence electrons. The molecule has 0 radical (unpaired) electrons. The molecule has 0 aliphatic carbocycles. The van der Waals surface area contributed by atoms with Gasteiger partial charge < -0.3 is 10.7 Å². The third kappa shape index (κ3) is 2.55. The highest BCUT2D eigenvalue weighted by Gasteiger charge is 2.11. The standard InChI is InChI=1S/C11H11Cl2N3/c12-8-2-1-7(9(13)6-8)5-10(14)11-15-3-4-16-11/h1-4,6,10H,5,14H2,(H,15,16). The molecule has 0 saturated heterocycles. The van der Waals surface area contributed by atoms with E-state index in [2.05, 4.69) is 9.97 Å². The average molecular weight is 256 g/mol. The van der Waals surface area contributed by atoms with Crippen molar-refractivity contribution in [1.82, 2.24) is 9.97 Å². The van der Waals surface area contributed by atoms with Crippen LogP contribution in [0.5, 0.6) is 0 Å². The molecular formula is C11H11Cl2N3. The number of halogens is 2. The SMILES string of the molecule is NC(Cc1ccc(Cl)cc1Cl)c1ncc[nH]1. The molecule has 5 heteroatoms. The highest BCUT2D eigenvalue weighted by atomic mass is 35.5. The van der Waals surface area contributed by atoms with Crippen molar-refractivity contribution in [3.8, 4) is 0 Å². The van der Waals surface area contributed by atoms with Crippen molar-refractivity contribution in [3.05, 3.63) is 52.0 Å². The van der Waals surface area contributed by atoms with Gasteiger partial charge in [-0.25, -0.2) is 4.98 Å². The lowest BCUT2D eigenvalue weighted by Gasteiger charge is -2.10. The van der Waals surface area contributed by atoms with Crippen molar-refractivity contribution in [3.63, 3.8) is 0 Å². The van der Waals surface area contributed by atoms with Crippen molar-refractivity contribution >= 4 is 23.2 Å². The van der Waals surface area contributed by atoms with Crippen LogP contribution in [0.4, 0.5) is 0 Å². The molecule has 0 saturated carbocycles. The Labute approximate surface area is 104 Å². The first-order chi connectivity index (χ1) is 7.66. The Morgan fingerprint density at radius 3 is 2.81 bits per heavy atom. The van der Waals surface area contributed by atoms with Gasteiger partial charge in [-0.3, -0.25) is 0 Å². The van der Waals surface area contributed by atoms with E-state index in [0.717, 1.165) is 11.4 Å². The van der Waals surface area contributed by atoms with Crippen LogP contribution in [0.15, 0.2) is 30.6 Å². The highest BCUT2D eigenvalue weighted by molar-refractivity contribution is 6.35. The van der Waals surface area contributed by atoms with Crippen molar-refractivity contribution in [2.45, 2.75) is 12.5 Å². The van der Waals surface area contributed by atoms with E-state index in [9.17, 15) is 0 Å². The Hall–Kier alpha value is -1.03. The third-order valence-electron chi connectivity index (χ3n) is 2.33. The van der Waals surface area contributed by atoms with Gasteiger partial charge in [-0.1, -0.05) is 29.3 Å².